The van der Waals surface area contributed by atoms with Crippen molar-refractivity contribution in [2.45, 2.75) is 20.3 Å². The Labute approximate surface area is 116 Å². The number of carbonyl (C=O) groups excluding carboxylic acids is 1. The third kappa shape index (κ3) is 25.1. The zero-order valence-corrected chi connectivity index (χ0v) is 12.6. The molecule has 15 heavy (non-hydrogen) atoms. The summed E-state index contributed by atoms with van der Waals surface area (Å²) in [7, 11) is -3.91. The molecule has 0 saturated carbocycles. The summed E-state index contributed by atoms with van der Waals surface area (Å²) in [6.07, 6.45) is 1.00. The molecule has 8 heteroatoms. The standard InChI is InChI=1S/C4H9N2O4S.C3H7.Y/c1-2-10-4(7)3-6-11(5,8)9;1-3-2;/h2-3H2,1H3,(H2,5,8,9);1,3H2,2H3;/q2*-1;. The van der Waals surface area contributed by atoms with E-state index in [0.29, 0.717) is 0 Å². The Morgan fingerprint density at radius 2 is 1.87 bits per heavy atom. The first-order valence-electron chi connectivity index (χ1n) is 4.03. The van der Waals surface area contributed by atoms with Crippen molar-refractivity contribution >= 4 is 16.2 Å². The number of rotatable bonds is 4. The van der Waals surface area contributed by atoms with Gasteiger partial charge in [-0.2, -0.15) is 6.42 Å². The molecule has 0 aromatic rings. The first kappa shape index (κ1) is 20.8. The van der Waals surface area contributed by atoms with Crippen molar-refractivity contribution in [2.24, 2.45) is 5.14 Å². The molecule has 0 rings (SSSR count). The predicted octanol–water partition coefficient (Wildman–Crippen LogP) is 0.355. The van der Waals surface area contributed by atoms with E-state index in [1.54, 1.807) is 6.92 Å². The quantitative estimate of drug-likeness (QED) is 0.598. The van der Waals surface area contributed by atoms with E-state index in [1.165, 1.54) is 0 Å². The fraction of sp³-hybridized carbons (Fsp3) is 0.714. The molecule has 0 bridgehead atoms. The van der Waals surface area contributed by atoms with Gasteiger partial charge in [0.2, 0.25) is 0 Å². The van der Waals surface area contributed by atoms with Crippen molar-refractivity contribution in [1.82, 2.24) is 0 Å². The van der Waals surface area contributed by atoms with Gasteiger partial charge in [-0.05, 0) is 13.5 Å². The van der Waals surface area contributed by atoms with Crippen LogP contribution in [0.3, 0.4) is 0 Å². The van der Waals surface area contributed by atoms with Crippen LogP contribution in [-0.4, -0.2) is 27.5 Å². The molecular weight excluding hydrogens is 297 g/mol. The third-order valence-corrected chi connectivity index (χ3v) is 1.17. The van der Waals surface area contributed by atoms with Crippen LogP contribution in [0.1, 0.15) is 20.3 Å². The Balaban J connectivity index is -0.000000320. The Bertz CT molecular complexity index is 243. The normalized spacial score (nSPS) is 9.33. The molecule has 0 aromatic carbocycles. The summed E-state index contributed by atoms with van der Waals surface area (Å²) >= 11 is 0. The average molecular weight is 313 g/mol. The number of carbonyl (C=O) groups is 1. The zero-order chi connectivity index (χ0) is 11.6. The van der Waals surface area contributed by atoms with Crippen LogP contribution in [0.5, 0.6) is 0 Å². The number of nitrogens with two attached hydrogens (primary N) is 1. The molecular formula is C7H16N2O4SY-2. The summed E-state index contributed by atoms with van der Waals surface area (Å²) in [5.74, 6) is -0.707. The van der Waals surface area contributed by atoms with E-state index < -0.39 is 22.7 Å². The largest absolute Gasteiger partial charge is 0.526 e. The van der Waals surface area contributed by atoms with Crippen molar-refractivity contribution in [3.05, 3.63) is 11.6 Å². The fourth-order valence-electron chi connectivity index (χ4n) is 0.349. The number of ether oxygens (including phenoxy) is 1. The molecule has 0 aliphatic heterocycles. The summed E-state index contributed by atoms with van der Waals surface area (Å²) in [4.78, 5) is 10.5. The zero-order valence-electron chi connectivity index (χ0n) is 8.97. The summed E-state index contributed by atoms with van der Waals surface area (Å²) in [5, 5.41) is 4.48. The smallest absolute Gasteiger partial charge is 0.285 e. The molecule has 1 radical (unpaired) electrons. The minimum Gasteiger partial charge on any atom is -0.526 e. The molecule has 0 atom stereocenters. The van der Waals surface area contributed by atoms with E-state index in [0.717, 1.165) is 6.42 Å². The molecule has 0 unspecified atom stereocenters. The van der Waals surface area contributed by atoms with Crippen LogP contribution in [0, 0.1) is 6.92 Å². The maximum Gasteiger partial charge on any atom is 0.285 e. The van der Waals surface area contributed by atoms with Gasteiger partial charge < -0.3 is 16.4 Å². The maximum absolute atomic E-state index is 10.5. The minimum absolute atomic E-state index is 0. The van der Waals surface area contributed by atoms with E-state index in [4.69, 9.17) is 0 Å². The van der Waals surface area contributed by atoms with Crippen molar-refractivity contribution in [3.8, 4) is 0 Å². The first-order valence-corrected chi connectivity index (χ1v) is 5.54. The van der Waals surface area contributed by atoms with Crippen LogP contribution >= 0.6 is 0 Å². The second-order valence-corrected chi connectivity index (χ2v) is 3.40. The van der Waals surface area contributed by atoms with Gasteiger partial charge in [0.25, 0.3) is 5.97 Å². The van der Waals surface area contributed by atoms with Crippen LogP contribution in [0.4, 0.5) is 0 Å². The summed E-state index contributed by atoms with van der Waals surface area (Å²) in [5.41, 5.74) is 0. The van der Waals surface area contributed by atoms with Crippen molar-refractivity contribution in [1.29, 1.82) is 0 Å². The van der Waals surface area contributed by atoms with E-state index in [9.17, 15) is 13.2 Å². The van der Waals surface area contributed by atoms with Crippen LogP contribution in [0.25, 0.3) is 4.72 Å². The molecule has 0 spiro atoms. The van der Waals surface area contributed by atoms with Gasteiger partial charge in [0.05, 0.1) is 6.61 Å². The number of hydrogen-bond acceptors (Lipinski definition) is 4. The van der Waals surface area contributed by atoms with Gasteiger partial charge in [-0.25, -0.2) is 13.6 Å². The summed E-state index contributed by atoms with van der Waals surface area (Å²) in [6.45, 7) is 6.75. The molecule has 6 nitrogen and oxygen atoms in total. The molecule has 0 heterocycles. The fourth-order valence-corrected chi connectivity index (χ4v) is 0.635. The molecule has 0 aromatic heterocycles. The van der Waals surface area contributed by atoms with Gasteiger partial charge in [-0.3, -0.25) is 4.79 Å². The van der Waals surface area contributed by atoms with Crippen LogP contribution in [0.2, 0.25) is 0 Å². The summed E-state index contributed by atoms with van der Waals surface area (Å²) in [6, 6.07) is 0. The van der Waals surface area contributed by atoms with E-state index in [-0.39, 0.29) is 39.3 Å². The van der Waals surface area contributed by atoms with Gasteiger partial charge in [0.15, 0.2) is 0 Å². The van der Waals surface area contributed by atoms with Crippen molar-refractivity contribution in [2.75, 3.05) is 13.2 Å². The van der Waals surface area contributed by atoms with Gasteiger partial charge in [-0.15, -0.1) is 0 Å². The van der Waals surface area contributed by atoms with Crippen molar-refractivity contribution < 1.29 is 50.7 Å². The second kappa shape index (κ2) is 12.5. The van der Waals surface area contributed by atoms with E-state index in [1.807, 2.05) is 6.92 Å². The summed E-state index contributed by atoms with van der Waals surface area (Å²) < 4.78 is 27.5. The van der Waals surface area contributed by atoms with Crippen LogP contribution in [-0.2, 0) is 52.4 Å². The molecule has 0 aliphatic carbocycles. The van der Waals surface area contributed by atoms with Crippen LogP contribution in [0.15, 0.2) is 0 Å². The molecule has 0 saturated heterocycles. The SMILES string of the molecule is CCOC(=O)C[N-]S(N)(=O)=O.[CH2-]CC.[Y]. The molecule has 0 aliphatic rings. The Morgan fingerprint density at radius 3 is 2.13 bits per heavy atom. The molecule has 0 amide bonds. The van der Waals surface area contributed by atoms with Gasteiger partial charge in [0.1, 0.15) is 10.2 Å². The van der Waals surface area contributed by atoms with Crippen molar-refractivity contribution in [3.63, 3.8) is 0 Å². The number of nitrogens with zero attached hydrogens (tertiary/aromatic N) is 1. The Kier molecular flexibility index (Phi) is 17.4. The van der Waals surface area contributed by atoms with Gasteiger partial charge in [0, 0.05) is 32.7 Å². The Hall–Kier alpha value is 0.444. The molecule has 89 valence electrons. The van der Waals surface area contributed by atoms with Gasteiger partial charge >= 0.3 is 0 Å². The first-order chi connectivity index (χ1) is 6.37. The monoisotopic (exact) mass is 313 g/mol. The third-order valence-electron chi connectivity index (χ3n) is 0.679. The molecule has 2 N–H and O–H groups in total. The maximum atomic E-state index is 10.5. The number of esters is 1. The Morgan fingerprint density at radius 1 is 1.47 bits per heavy atom. The second-order valence-electron chi connectivity index (χ2n) is 2.11. The topological polar surface area (TPSA) is 101 Å². The molecule has 0 fully saturated rings. The average Bonchev–Trinajstić information content (AvgIpc) is 2.02. The predicted molar refractivity (Wildman–Crippen MR) is 53.6 cm³/mol. The van der Waals surface area contributed by atoms with E-state index >= 15 is 0 Å². The minimum atomic E-state index is -3.91. The van der Waals surface area contributed by atoms with Gasteiger partial charge in [-0.1, -0.05) is 6.92 Å². The van der Waals surface area contributed by atoms with Crippen LogP contribution < -0.4 is 5.14 Å². The van der Waals surface area contributed by atoms with E-state index in [2.05, 4.69) is 21.5 Å². The number of hydrogen-bond donors (Lipinski definition) is 1.